The highest BCUT2D eigenvalue weighted by Crippen LogP contribution is 2.22. The predicted molar refractivity (Wildman–Crippen MR) is 90.8 cm³/mol. The van der Waals surface area contributed by atoms with Gasteiger partial charge in [0.05, 0.1) is 11.0 Å². The third kappa shape index (κ3) is 5.93. The highest BCUT2D eigenvalue weighted by atomic mass is 32.2. The van der Waals surface area contributed by atoms with Crippen LogP contribution in [0.2, 0.25) is 0 Å². The summed E-state index contributed by atoms with van der Waals surface area (Å²) in [4.78, 5) is 11.2. The highest BCUT2D eigenvalue weighted by molar-refractivity contribution is 7.89. The highest BCUT2D eigenvalue weighted by Gasteiger charge is 2.23. The minimum atomic E-state index is -3.65. The summed E-state index contributed by atoms with van der Waals surface area (Å²) >= 11 is 0. The van der Waals surface area contributed by atoms with Crippen molar-refractivity contribution in [3.63, 3.8) is 0 Å². The van der Waals surface area contributed by atoms with E-state index >= 15 is 0 Å². The first-order valence-corrected chi connectivity index (χ1v) is 8.98. The van der Waals surface area contributed by atoms with Gasteiger partial charge in [0.15, 0.2) is 0 Å². The Balaban J connectivity index is 2.79. The van der Waals surface area contributed by atoms with Crippen molar-refractivity contribution in [2.45, 2.75) is 52.0 Å². The molecule has 7 heteroatoms. The molecule has 0 bridgehead atoms. The molecule has 0 saturated carbocycles. The molecular weight excluding hydrogens is 316 g/mol. The van der Waals surface area contributed by atoms with Crippen molar-refractivity contribution < 1.29 is 18.3 Å². The first-order valence-electron chi connectivity index (χ1n) is 7.49. The van der Waals surface area contributed by atoms with Gasteiger partial charge in [-0.1, -0.05) is 20.8 Å². The van der Waals surface area contributed by atoms with E-state index in [0.29, 0.717) is 17.7 Å². The third-order valence-electron chi connectivity index (χ3n) is 3.49. The number of aryl methyl sites for hydroxylation is 1. The van der Waals surface area contributed by atoms with E-state index < -0.39 is 16.1 Å². The third-order valence-corrected chi connectivity index (χ3v) is 5.12. The zero-order valence-corrected chi connectivity index (χ0v) is 15.1. The van der Waals surface area contributed by atoms with Gasteiger partial charge < -0.3 is 10.4 Å². The molecule has 130 valence electrons. The van der Waals surface area contributed by atoms with E-state index in [1.807, 2.05) is 20.8 Å². The Labute approximate surface area is 138 Å². The molecule has 1 aromatic carbocycles. The molecule has 0 fully saturated rings. The summed E-state index contributed by atoms with van der Waals surface area (Å²) in [6.45, 7) is 8.92. The van der Waals surface area contributed by atoms with Crippen molar-refractivity contribution in [3.05, 3.63) is 23.8 Å². The van der Waals surface area contributed by atoms with E-state index in [2.05, 4.69) is 10.0 Å². The Kier molecular flexibility index (Phi) is 6.33. The number of nitrogens with one attached hydrogen (secondary N) is 2. The Morgan fingerprint density at radius 2 is 1.91 bits per heavy atom. The van der Waals surface area contributed by atoms with Crippen LogP contribution in [0.15, 0.2) is 23.1 Å². The van der Waals surface area contributed by atoms with Gasteiger partial charge >= 0.3 is 0 Å². The van der Waals surface area contributed by atoms with Gasteiger partial charge in [-0.25, -0.2) is 13.1 Å². The molecular formula is C16H26N2O4S. The number of aliphatic hydroxyl groups is 1. The zero-order valence-electron chi connectivity index (χ0n) is 14.3. The maximum Gasteiger partial charge on any atom is 0.240 e. The molecule has 0 aliphatic heterocycles. The lowest BCUT2D eigenvalue weighted by atomic mass is 9.87. The summed E-state index contributed by atoms with van der Waals surface area (Å²) in [5, 5.41) is 12.6. The maximum absolute atomic E-state index is 12.3. The number of carbonyl (C=O) groups excluding carboxylic acids is 1. The molecule has 0 aliphatic rings. The largest absolute Gasteiger partial charge is 0.393 e. The number of hydrogen-bond acceptors (Lipinski definition) is 4. The lowest BCUT2D eigenvalue weighted by molar-refractivity contribution is -0.114. The lowest BCUT2D eigenvalue weighted by Gasteiger charge is -2.25. The number of sulfonamides is 1. The van der Waals surface area contributed by atoms with Crippen molar-refractivity contribution in [2.24, 2.45) is 5.41 Å². The minimum absolute atomic E-state index is 0.160. The quantitative estimate of drug-likeness (QED) is 0.737. The molecule has 0 radical (unpaired) electrons. The van der Waals surface area contributed by atoms with Gasteiger partial charge in [-0.2, -0.15) is 0 Å². The van der Waals surface area contributed by atoms with Crippen LogP contribution in [0.25, 0.3) is 0 Å². The molecule has 3 N–H and O–H groups in total. The van der Waals surface area contributed by atoms with Crippen LogP contribution in [0.3, 0.4) is 0 Å². The average molecular weight is 342 g/mol. The van der Waals surface area contributed by atoms with Gasteiger partial charge in [0, 0.05) is 19.2 Å². The van der Waals surface area contributed by atoms with Crippen molar-refractivity contribution in [1.29, 1.82) is 0 Å². The molecule has 1 rings (SSSR count). The topological polar surface area (TPSA) is 95.5 Å². The Hall–Kier alpha value is -1.44. The van der Waals surface area contributed by atoms with Gasteiger partial charge in [-0.3, -0.25) is 4.79 Å². The number of amides is 1. The zero-order chi connectivity index (χ0) is 17.8. The van der Waals surface area contributed by atoms with E-state index in [-0.39, 0.29) is 22.8 Å². The Morgan fingerprint density at radius 3 is 2.39 bits per heavy atom. The summed E-state index contributed by atoms with van der Waals surface area (Å²) in [6.07, 6.45) is -0.250. The van der Waals surface area contributed by atoms with Crippen molar-refractivity contribution in [3.8, 4) is 0 Å². The van der Waals surface area contributed by atoms with Gasteiger partial charge in [0.25, 0.3) is 0 Å². The lowest BCUT2D eigenvalue weighted by Crippen LogP contribution is -2.32. The van der Waals surface area contributed by atoms with Crippen LogP contribution in [-0.2, 0) is 14.8 Å². The van der Waals surface area contributed by atoms with E-state index in [1.54, 1.807) is 19.1 Å². The number of rotatable bonds is 6. The predicted octanol–water partition coefficient (Wildman–Crippen LogP) is 2.03. The molecule has 1 aromatic rings. The number of anilines is 1. The fraction of sp³-hybridized carbons (Fsp3) is 0.562. The van der Waals surface area contributed by atoms with Crippen LogP contribution in [0.4, 0.5) is 5.69 Å². The summed E-state index contributed by atoms with van der Waals surface area (Å²) in [5.41, 5.74) is 0.804. The van der Waals surface area contributed by atoms with Crippen LogP contribution >= 0.6 is 0 Å². The van der Waals surface area contributed by atoms with Gasteiger partial charge in [0.1, 0.15) is 0 Å². The van der Waals surface area contributed by atoms with Crippen LogP contribution < -0.4 is 10.0 Å². The second-order valence-electron chi connectivity index (χ2n) is 6.73. The van der Waals surface area contributed by atoms with Crippen LogP contribution in [0.5, 0.6) is 0 Å². The fourth-order valence-electron chi connectivity index (χ4n) is 2.07. The van der Waals surface area contributed by atoms with E-state index in [4.69, 9.17) is 0 Å². The molecule has 23 heavy (non-hydrogen) atoms. The van der Waals surface area contributed by atoms with Crippen molar-refractivity contribution in [1.82, 2.24) is 4.72 Å². The van der Waals surface area contributed by atoms with Crippen LogP contribution in [-0.4, -0.2) is 32.1 Å². The number of carbonyl (C=O) groups is 1. The first-order chi connectivity index (χ1) is 10.4. The van der Waals surface area contributed by atoms with E-state index in [9.17, 15) is 18.3 Å². The minimum Gasteiger partial charge on any atom is -0.393 e. The summed E-state index contributed by atoms with van der Waals surface area (Å²) in [5.74, 6) is -0.214. The second kappa shape index (κ2) is 7.42. The molecule has 0 aliphatic carbocycles. The molecule has 0 saturated heterocycles. The summed E-state index contributed by atoms with van der Waals surface area (Å²) < 4.78 is 27.2. The van der Waals surface area contributed by atoms with Crippen LogP contribution in [0.1, 0.15) is 39.7 Å². The maximum atomic E-state index is 12.3. The standard InChI is InChI=1S/C16H26N2O4S/c1-11-10-13(18-12(2)19)6-7-14(11)23(21,22)17-9-8-15(20)16(3,4)5/h6-7,10,15,17,20H,8-9H2,1-5H3,(H,18,19)/t15-/m0/s1. The molecule has 0 aromatic heterocycles. The molecule has 1 atom stereocenters. The molecule has 0 spiro atoms. The number of benzene rings is 1. The van der Waals surface area contributed by atoms with E-state index in [1.165, 1.54) is 13.0 Å². The number of aliphatic hydroxyl groups excluding tert-OH is 1. The number of hydrogen-bond donors (Lipinski definition) is 3. The SMILES string of the molecule is CC(=O)Nc1ccc(S(=O)(=O)NCC[C@H](O)C(C)(C)C)c(C)c1. The molecule has 0 unspecified atom stereocenters. The Morgan fingerprint density at radius 1 is 1.30 bits per heavy atom. The Bertz CT molecular complexity index is 663. The monoisotopic (exact) mass is 342 g/mol. The molecule has 6 nitrogen and oxygen atoms in total. The summed E-state index contributed by atoms with van der Waals surface area (Å²) in [6, 6.07) is 4.62. The second-order valence-corrected chi connectivity index (χ2v) is 8.47. The van der Waals surface area contributed by atoms with Gasteiger partial charge in [-0.15, -0.1) is 0 Å². The van der Waals surface area contributed by atoms with Gasteiger partial charge in [-0.05, 0) is 42.5 Å². The fourth-order valence-corrected chi connectivity index (χ4v) is 3.34. The van der Waals surface area contributed by atoms with Crippen molar-refractivity contribution >= 4 is 21.6 Å². The normalized spacial score (nSPS) is 13.7. The smallest absolute Gasteiger partial charge is 0.240 e. The molecule has 1 amide bonds. The summed E-state index contributed by atoms with van der Waals surface area (Å²) in [7, 11) is -3.65. The van der Waals surface area contributed by atoms with Crippen molar-refractivity contribution in [2.75, 3.05) is 11.9 Å². The first kappa shape index (κ1) is 19.6. The van der Waals surface area contributed by atoms with Gasteiger partial charge in [0.2, 0.25) is 15.9 Å². The van der Waals surface area contributed by atoms with E-state index in [0.717, 1.165) is 0 Å². The van der Waals surface area contributed by atoms with Crippen LogP contribution in [0, 0.1) is 12.3 Å². The molecule has 0 heterocycles. The average Bonchev–Trinajstić information content (AvgIpc) is 2.36.